The maximum absolute atomic E-state index is 12.9. The molecular weight excluding hydrogens is 380 g/mol. The zero-order valence-electron chi connectivity index (χ0n) is 17.8. The topological polar surface area (TPSA) is 26.3 Å². The van der Waals surface area contributed by atoms with Crippen molar-refractivity contribution in [3.63, 3.8) is 0 Å². The minimum absolute atomic E-state index is 0.210. The highest BCUT2D eigenvalue weighted by molar-refractivity contribution is 6.32. The van der Waals surface area contributed by atoms with E-state index in [1.807, 2.05) is 49.4 Å². The highest BCUT2D eigenvalue weighted by Crippen LogP contribution is 2.40. The van der Waals surface area contributed by atoms with Gasteiger partial charge in [0.25, 0.3) is 0 Å². The predicted molar refractivity (Wildman–Crippen MR) is 121 cm³/mol. The number of carbonyl (C=O) groups excluding carboxylic acids is 1. The highest BCUT2D eigenvalue weighted by atomic mass is 35.5. The molecule has 0 N–H and O–H groups in total. The monoisotopic (exact) mass is 410 g/mol. The Morgan fingerprint density at radius 1 is 1.34 bits per heavy atom. The van der Waals surface area contributed by atoms with E-state index in [4.69, 9.17) is 16.3 Å². The number of ether oxygens (including phenoxy) is 1. The summed E-state index contributed by atoms with van der Waals surface area (Å²) in [5.41, 5.74) is 3.93. The summed E-state index contributed by atoms with van der Waals surface area (Å²) < 4.78 is 5.89. The fourth-order valence-corrected chi connectivity index (χ4v) is 4.59. The molecule has 1 aromatic carbocycles. The first-order valence-corrected chi connectivity index (χ1v) is 10.8. The van der Waals surface area contributed by atoms with Crippen molar-refractivity contribution in [1.82, 2.24) is 0 Å². The summed E-state index contributed by atoms with van der Waals surface area (Å²) >= 11 is 6.26. The van der Waals surface area contributed by atoms with E-state index in [-0.39, 0.29) is 5.78 Å². The normalized spacial score (nSPS) is 21.2. The maximum Gasteiger partial charge on any atom is 0.163 e. The van der Waals surface area contributed by atoms with Gasteiger partial charge in [0.05, 0.1) is 5.02 Å². The quantitative estimate of drug-likeness (QED) is 0.496. The summed E-state index contributed by atoms with van der Waals surface area (Å²) in [7, 11) is 0. The van der Waals surface area contributed by atoms with Crippen LogP contribution in [0, 0.1) is 18.3 Å². The third-order valence-corrected chi connectivity index (χ3v) is 6.18. The van der Waals surface area contributed by atoms with Gasteiger partial charge in [0, 0.05) is 12.0 Å². The minimum atomic E-state index is 0.210. The lowest BCUT2D eigenvalue weighted by Gasteiger charge is -2.35. The molecule has 3 rings (SSSR count). The fraction of sp³-hybridized carbons (Fsp3) is 0.423. The average Bonchev–Trinajstić information content (AvgIpc) is 2.82. The molecule has 0 spiro atoms. The summed E-state index contributed by atoms with van der Waals surface area (Å²) in [6.45, 7) is 11.1. The van der Waals surface area contributed by atoms with Gasteiger partial charge in [-0.2, -0.15) is 0 Å². The van der Waals surface area contributed by atoms with Crippen LogP contribution in [0.3, 0.4) is 0 Å². The van der Waals surface area contributed by atoms with Gasteiger partial charge in [0.1, 0.15) is 12.4 Å². The second-order valence-electron chi connectivity index (χ2n) is 9.15. The Balaban J connectivity index is 1.61. The molecule has 1 aromatic rings. The molecule has 0 bridgehead atoms. The zero-order chi connectivity index (χ0) is 21.0. The number of benzene rings is 1. The lowest BCUT2D eigenvalue weighted by Crippen LogP contribution is -2.24. The van der Waals surface area contributed by atoms with Crippen LogP contribution in [0.2, 0.25) is 5.02 Å². The van der Waals surface area contributed by atoms with E-state index in [1.165, 1.54) is 12.8 Å². The van der Waals surface area contributed by atoms with Crippen LogP contribution in [-0.4, -0.2) is 12.4 Å². The Hall–Kier alpha value is -2.06. The molecule has 2 aliphatic carbocycles. The van der Waals surface area contributed by atoms with Crippen LogP contribution in [0.15, 0.2) is 65.8 Å². The molecule has 2 aliphatic rings. The van der Waals surface area contributed by atoms with Crippen molar-refractivity contribution in [3.8, 4) is 5.75 Å². The number of rotatable bonds is 6. The van der Waals surface area contributed by atoms with Crippen molar-refractivity contribution < 1.29 is 9.53 Å². The van der Waals surface area contributed by atoms with Crippen molar-refractivity contribution in [2.24, 2.45) is 11.3 Å². The van der Waals surface area contributed by atoms with Gasteiger partial charge >= 0.3 is 0 Å². The number of hydrogen-bond acceptors (Lipinski definition) is 2. The molecular formula is C26H31ClO2. The Kier molecular flexibility index (Phi) is 6.85. The Bertz CT molecular complexity index is 886. The summed E-state index contributed by atoms with van der Waals surface area (Å²) in [6.07, 6.45) is 13.1. The van der Waals surface area contributed by atoms with E-state index in [9.17, 15) is 4.79 Å². The van der Waals surface area contributed by atoms with Crippen LogP contribution in [-0.2, 0) is 4.79 Å². The van der Waals surface area contributed by atoms with E-state index in [0.717, 1.165) is 35.1 Å². The molecule has 0 amide bonds. The molecule has 1 saturated carbocycles. The number of allylic oxidation sites excluding steroid dienone is 5. The van der Waals surface area contributed by atoms with Crippen molar-refractivity contribution in [2.45, 2.75) is 52.9 Å². The summed E-state index contributed by atoms with van der Waals surface area (Å²) in [5.74, 6) is 1.35. The van der Waals surface area contributed by atoms with Gasteiger partial charge in [-0.3, -0.25) is 4.79 Å². The van der Waals surface area contributed by atoms with Gasteiger partial charge in [-0.15, -0.1) is 0 Å². The third kappa shape index (κ3) is 5.96. The van der Waals surface area contributed by atoms with Crippen LogP contribution < -0.4 is 4.74 Å². The van der Waals surface area contributed by atoms with Gasteiger partial charge in [0.15, 0.2) is 5.78 Å². The number of aryl methyl sites for hydroxylation is 1. The molecule has 3 heteroatoms. The smallest absolute Gasteiger partial charge is 0.163 e. The van der Waals surface area contributed by atoms with E-state index < -0.39 is 0 Å². The Morgan fingerprint density at radius 3 is 2.86 bits per heavy atom. The van der Waals surface area contributed by atoms with Gasteiger partial charge in [0.2, 0.25) is 0 Å². The number of Topliss-reactive ketones (excluding diaryl/α,β-unsaturated/α-hetero) is 1. The van der Waals surface area contributed by atoms with Crippen molar-refractivity contribution in [2.75, 3.05) is 6.61 Å². The van der Waals surface area contributed by atoms with E-state index >= 15 is 0 Å². The Labute approximate surface area is 180 Å². The van der Waals surface area contributed by atoms with Gasteiger partial charge in [-0.25, -0.2) is 0 Å². The lowest BCUT2D eigenvalue weighted by molar-refractivity contribution is -0.116. The molecule has 0 heterocycles. The molecule has 29 heavy (non-hydrogen) atoms. The first-order chi connectivity index (χ1) is 13.7. The second kappa shape index (κ2) is 9.17. The molecule has 0 radical (unpaired) electrons. The van der Waals surface area contributed by atoms with Crippen molar-refractivity contribution in [1.29, 1.82) is 0 Å². The molecule has 1 atom stereocenters. The van der Waals surface area contributed by atoms with Crippen LogP contribution in [0.1, 0.15) is 51.5 Å². The lowest BCUT2D eigenvalue weighted by atomic mass is 9.70. The van der Waals surface area contributed by atoms with Gasteiger partial charge in [-0.05, 0) is 72.4 Å². The van der Waals surface area contributed by atoms with E-state index in [1.54, 1.807) is 0 Å². The average molecular weight is 411 g/mol. The largest absolute Gasteiger partial charge is 0.487 e. The van der Waals surface area contributed by atoms with Crippen molar-refractivity contribution in [3.05, 3.63) is 76.4 Å². The molecule has 1 unspecified atom stereocenters. The van der Waals surface area contributed by atoms with Crippen LogP contribution in [0.4, 0.5) is 0 Å². The molecule has 1 fully saturated rings. The zero-order valence-corrected chi connectivity index (χ0v) is 18.5. The summed E-state index contributed by atoms with van der Waals surface area (Å²) in [4.78, 5) is 12.9. The van der Waals surface area contributed by atoms with Crippen molar-refractivity contribution >= 4 is 17.4 Å². The summed E-state index contributed by atoms with van der Waals surface area (Å²) in [5, 5.41) is 0.599. The SMILES string of the molecule is C=C1C=C(C(=O)CC2CCCC(C)(C)C2)C=CC=C1COc1ccc(C)cc1Cl. The third-order valence-electron chi connectivity index (χ3n) is 5.89. The first-order valence-electron chi connectivity index (χ1n) is 10.4. The first kappa shape index (κ1) is 21.6. The molecule has 0 aromatic heterocycles. The minimum Gasteiger partial charge on any atom is -0.487 e. The summed E-state index contributed by atoms with van der Waals surface area (Å²) in [6, 6.07) is 5.74. The Morgan fingerprint density at radius 2 is 2.14 bits per heavy atom. The maximum atomic E-state index is 12.9. The molecule has 2 nitrogen and oxygen atoms in total. The molecule has 154 valence electrons. The molecule has 0 aliphatic heterocycles. The number of hydrogen-bond donors (Lipinski definition) is 0. The number of halogens is 1. The van der Waals surface area contributed by atoms with Crippen LogP contribution in [0.5, 0.6) is 5.75 Å². The highest BCUT2D eigenvalue weighted by Gasteiger charge is 2.29. The number of carbonyl (C=O) groups is 1. The number of ketones is 1. The predicted octanol–water partition coefficient (Wildman–Crippen LogP) is 7.18. The van der Waals surface area contributed by atoms with Gasteiger partial charge in [-0.1, -0.05) is 62.7 Å². The molecule has 0 saturated heterocycles. The second-order valence-corrected chi connectivity index (χ2v) is 9.56. The van der Waals surface area contributed by atoms with E-state index in [0.29, 0.717) is 35.1 Å². The van der Waals surface area contributed by atoms with Crippen LogP contribution in [0.25, 0.3) is 0 Å². The fourth-order valence-electron chi connectivity index (χ4n) is 4.31. The van der Waals surface area contributed by atoms with Crippen LogP contribution >= 0.6 is 11.6 Å². The van der Waals surface area contributed by atoms with E-state index in [2.05, 4.69) is 20.4 Å². The standard InChI is InChI=1S/C26H31ClO2/c1-18-10-11-25(23(27)13-18)29-17-22-9-5-8-21(14-19(22)2)24(28)15-20-7-6-12-26(3,4)16-20/h5,8-11,13-14,20H,2,6-7,12,15-17H2,1,3-4H3. The van der Waals surface area contributed by atoms with Gasteiger partial charge < -0.3 is 4.74 Å².